The zero-order valence-corrected chi connectivity index (χ0v) is 18.9. The fourth-order valence-electron chi connectivity index (χ4n) is 2.19. The molecule has 0 aliphatic heterocycles. The lowest BCUT2D eigenvalue weighted by atomic mass is 10.2. The summed E-state index contributed by atoms with van der Waals surface area (Å²) >= 11 is 1.66. The van der Waals surface area contributed by atoms with Crippen LogP contribution in [0.2, 0.25) is 0 Å². The van der Waals surface area contributed by atoms with E-state index in [1.165, 1.54) is 4.88 Å². The lowest BCUT2D eigenvalue weighted by Crippen LogP contribution is -2.36. The largest absolute Gasteiger partial charge is 0.484 e. The van der Waals surface area contributed by atoms with Gasteiger partial charge in [-0.2, -0.15) is 0 Å². The average molecular weight is 503 g/mol. The molecule has 3 N–H and O–H groups in total. The minimum Gasteiger partial charge on any atom is -0.484 e. The van der Waals surface area contributed by atoms with Gasteiger partial charge in [-0.1, -0.05) is 12.1 Å². The van der Waals surface area contributed by atoms with Gasteiger partial charge in [0, 0.05) is 31.2 Å². The second kappa shape index (κ2) is 12.5. The van der Waals surface area contributed by atoms with Crippen molar-refractivity contribution in [2.45, 2.75) is 26.9 Å². The van der Waals surface area contributed by atoms with Crippen LogP contribution in [0, 0.1) is 6.92 Å². The molecule has 148 valence electrons. The van der Waals surface area contributed by atoms with E-state index < -0.39 is 0 Å². The molecule has 0 aliphatic rings. The van der Waals surface area contributed by atoms with Crippen molar-refractivity contribution in [3.63, 3.8) is 0 Å². The van der Waals surface area contributed by atoms with Gasteiger partial charge in [-0.15, -0.1) is 35.3 Å². The molecule has 0 bridgehead atoms. The predicted molar refractivity (Wildman–Crippen MR) is 120 cm³/mol. The number of guanidine groups is 1. The van der Waals surface area contributed by atoms with Gasteiger partial charge in [0.15, 0.2) is 12.6 Å². The summed E-state index contributed by atoms with van der Waals surface area (Å²) in [7, 11) is 1.73. The number of ether oxygens (including phenoxy) is 1. The molecule has 0 fully saturated rings. The molecule has 2 rings (SSSR count). The molecule has 0 atom stereocenters. The molecule has 9 heteroatoms. The lowest BCUT2D eigenvalue weighted by Gasteiger charge is -2.12. The zero-order valence-electron chi connectivity index (χ0n) is 15.7. The van der Waals surface area contributed by atoms with Crippen LogP contribution in [0.4, 0.5) is 0 Å². The van der Waals surface area contributed by atoms with Crippen LogP contribution in [0.1, 0.15) is 22.4 Å². The van der Waals surface area contributed by atoms with E-state index in [1.54, 1.807) is 18.4 Å². The molecular formula is C18H26IN5O2S. The summed E-state index contributed by atoms with van der Waals surface area (Å²) in [6.07, 6.45) is 1.87. The number of aryl methyl sites for hydroxylation is 1. The van der Waals surface area contributed by atoms with Crippen LogP contribution < -0.4 is 20.7 Å². The van der Waals surface area contributed by atoms with Crippen molar-refractivity contribution >= 4 is 47.2 Å². The van der Waals surface area contributed by atoms with E-state index in [4.69, 9.17) is 4.74 Å². The molecule has 7 nitrogen and oxygen atoms in total. The molecule has 2 aromatic rings. The van der Waals surface area contributed by atoms with Gasteiger partial charge in [0.2, 0.25) is 0 Å². The van der Waals surface area contributed by atoms with Crippen LogP contribution in [0.25, 0.3) is 0 Å². The van der Waals surface area contributed by atoms with E-state index in [-0.39, 0.29) is 36.5 Å². The van der Waals surface area contributed by atoms with Crippen LogP contribution in [0.3, 0.4) is 0 Å². The number of nitrogens with zero attached hydrogens (tertiary/aromatic N) is 2. The monoisotopic (exact) mass is 503 g/mol. The molecule has 0 radical (unpaired) electrons. The van der Waals surface area contributed by atoms with Gasteiger partial charge in [-0.05, 0) is 31.5 Å². The number of carbonyl (C=O) groups is 1. The van der Waals surface area contributed by atoms with E-state index in [0.29, 0.717) is 31.3 Å². The number of rotatable bonds is 8. The van der Waals surface area contributed by atoms with E-state index in [9.17, 15) is 4.79 Å². The van der Waals surface area contributed by atoms with Gasteiger partial charge >= 0.3 is 0 Å². The number of aromatic nitrogens is 1. The Balaban J connectivity index is 0.00000364. The number of hydrogen-bond donors (Lipinski definition) is 3. The first-order valence-electron chi connectivity index (χ1n) is 8.45. The number of likely N-dealkylation sites (N-methyl/N-ethyl adjacent to an activating group) is 1. The summed E-state index contributed by atoms with van der Waals surface area (Å²) in [6, 6.07) is 7.63. The highest BCUT2D eigenvalue weighted by atomic mass is 127. The van der Waals surface area contributed by atoms with Crippen LogP contribution in [0.5, 0.6) is 5.75 Å². The minimum atomic E-state index is -0.127. The van der Waals surface area contributed by atoms with Gasteiger partial charge in [0.25, 0.3) is 5.91 Å². The van der Waals surface area contributed by atoms with Gasteiger partial charge in [0.05, 0.1) is 6.54 Å². The SMILES string of the molecule is CCNC(=O)COc1cccc(CNC(=NC)NCc2ncc(C)s2)c1.I. The van der Waals surface area contributed by atoms with Gasteiger partial charge < -0.3 is 20.7 Å². The van der Waals surface area contributed by atoms with Crippen molar-refractivity contribution in [1.29, 1.82) is 0 Å². The number of thiazole rings is 1. The quantitative estimate of drug-likeness (QED) is 0.293. The van der Waals surface area contributed by atoms with Crippen LogP contribution in [0.15, 0.2) is 35.5 Å². The Hall–Kier alpha value is -1.88. The number of nitrogens with one attached hydrogen (secondary N) is 3. The highest BCUT2D eigenvalue weighted by molar-refractivity contribution is 14.0. The summed E-state index contributed by atoms with van der Waals surface area (Å²) in [5, 5.41) is 10.2. The van der Waals surface area contributed by atoms with E-state index in [2.05, 4.69) is 25.9 Å². The zero-order chi connectivity index (χ0) is 18.8. The number of aliphatic imine (C=N–C) groups is 1. The summed E-state index contributed by atoms with van der Waals surface area (Å²) in [4.78, 5) is 21.2. The Bertz CT molecular complexity index is 751. The topological polar surface area (TPSA) is 87.6 Å². The second-order valence-electron chi connectivity index (χ2n) is 5.53. The Labute approximate surface area is 181 Å². The molecule has 27 heavy (non-hydrogen) atoms. The van der Waals surface area contributed by atoms with Gasteiger partial charge in [-0.3, -0.25) is 9.79 Å². The van der Waals surface area contributed by atoms with E-state index in [0.717, 1.165) is 10.6 Å². The average Bonchev–Trinajstić information content (AvgIpc) is 3.06. The molecule has 0 saturated carbocycles. The van der Waals surface area contributed by atoms with Gasteiger partial charge in [-0.25, -0.2) is 4.98 Å². The van der Waals surface area contributed by atoms with Crippen molar-refractivity contribution in [3.8, 4) is 5.75 Å². The molecule has 0 spiro atoms. The third-order valence-corrected chi connectivity index (χ3v) is 4.31. The third kappa shape index (κ3) is 8.57. The third-order valence-electron chi connectivity index (χ3n) is 3.40. The predicted octanol–water partition coefficient (Wildman–Crippen LogP) is 2.45. The summed E-state index contributed by atoms with van der Waals surface area (Å²) in [5.41, 5.74) is 1.03. The maximum atomic E-state index is 11.5. The highest BCUT2D eigenvalue weighted by Gasteiger charge is 2.04. The number of carbonyl (C=O) groups excluding carboxylic acids is 1. The number of benzene rings is 1. The second-order valence-corrected chi connectivity index (χ2v) is 6.85. The van der Waals surface area contributed by atoms with Crippen molar-refractivity contribution in [2.24, 2.45) is 4.99 Å². The Morgan fingerprint density at radius 1 is 1.26 bits per heavy atom. The van der Waals surface area contributed by atoms with E-state index >= 15 is 0 Å². The molecule has 1 heterocycles. The summed E-state index contributed by atoms with van der Waals surface area (Å²) in [5.74, 6) is 1.24. The van der Waals surface area contributed by atoms with Crippen LogP contribution in [-0.2, 0) is 17.9 Å². The maximum Gasteiger partial charge on any atom is 0.257 e. The smallest absolute Gasteiger partial charge is 0.257 e. The van der Waals surface area contributed by atoms with Crippen LogP contribution in [-0.4, -0.2) is 37.1 Å². The van der Waals surface area contributed by atoms with Crippen molar-refractivity contribution < 1.29 is 9.53 Å². The van der Waals surface area contributed by atoms with Crippen molar-refractivity contribution in [3.05, 3.63) is 45.9 Å². The van der Waals surface area contributed by atoms with Crippen molar-refractivity contribution in [2.75, 3.05) is 20.2 Å². The normalized spacial score (nSPS) is 10.7. The first kappa shape index (κ1) is 23.2. The highest BCUT2D eigenvalue weighted by Crippen LogP contribution is 2.13. The van der Waals surface area contributed by atoms with E-state index in [1.807, 2.05) is 44.3 Å². The maximum absolute atomic E-state index is 11.5. The molecule has 1 aromatic carbocycles. The Kier molecular flexibility index (Phi) is 10.7. The number of halogens is 1. The molecule has 0 unspecified atom stereocenters. The Morgan fingerprint density at radius 2 is 2.04 bits per heavy atom. The number of hydrogen-bond acceptors (Lipinski definition) is 5. The first-order chi connectivity index (χ1) is 12.6. The molecule has 0 saturated heterocycles. The molecular weight excluding hydrogens is 477 g/mol. The molecule has 0 aliphatic carbocycles. The molecule has 1 amide bonds. The fourth-order valence-corrected chi connectivity index (χ4v) is 2.92. The first-order valence-corrected chi connectivity index (χ1v) is 9.26. The number of amides is 1. The fraction of sp³-hybridized carbons (Fsp3) is 0.389. The lowest BCUT2D eigenvalue weighted by molar-refractivity contribution is -0.122. The van der Waals surface area contributed by atoms with Gasteiger partial charge in [0.1, 0.15) is 10.8 Å². The molecule has 1 aromatic heterocycles. The minimum absolute atomic E-state index is 0. The van der Waals surface area contributed by atoms with Crippen LogP contribution >= 0.6 is 35.3 Å². The summed E-state index contributed by atoms with van der Waals surface area (Å²) < 4.78 is 5.51. The summed E-state index contributed by atoms with van der Waals surface area (Å²) in [6.45, 7) is 5.75. The Morgan fingerprint density at radius 3 is 2.70 bits per heavy atom. The van der Waals surface area contributed by atoms with Crippen molar-refractivity contribution in [1.82, 2.24) is 20.9 Å². The standard InChI is InChI=1S/C18H25N5O2S.HI/c1-4-20-16(24)12-25-15-7-5-6-14(8-15)10-22-18(19-3)23-11-17-21-9-13(2)26-17;/h5-9H,4,10-12H2,1-3H3,(H,20,24)(H2,19,22,23);1H.